The van der Waals surface area contributed by atoms with Gasteiger partial charge in [-0.1, -0.05) is 41.9 Å². The summed E-state index contributed by atoms with van der Waals surface area (Å²) >= 11 is 6.01. The van der Waals surface area contributed by atoms with Gasteiger partial charge in [0.1, 0.15) is 0 Å². The summed E-state index contributed by atoms with van der Waals surface area (Å²) in [6.45, 7) is 1.60. The molecule has 2 rings (SSSR count). The minimum absolute atomic E-state index is 0.192. The number of ketones is 1. The van der Waals surface area contributed by atoms with E-state index in [1.54, 1.807) is 56.4 Å². The molecule has 22 heavy (non-hydrogen) atoms. The Hall–Kier alpha value is -2.17. The van der Waals surface area contributed by atoms with E-state index in [0.29, 0.717) is 21.8 Å². The molecule has 1 amide bonds. The molecule has 114 valence electrons. The molecule has 2 N–H and O–H groups in total. The number of nitrogens with two attached hydrogens (primary N) is 1. The minimum Gasteiger partial charge on any atom is -0.320 e. The molecule has 4 nitrogen and oxygen atoms in total. The Labute approximate surface area is 134 Å². The molecule has 0 heterocycles. The monoisotopic (exact) mass is 316 g/mol. The zero-order valence-electron chi connectivity index (χ0n) is 12.4. The van der Waals surface area contributed by atoms with Gasteiger partial charge >= 0.3 is 0 Å². The van der Waals surface area contributed by atoms with Crippen LogP contribution in [0.4, 0.5) is 5.69 Å². The second-order valence-corrected chi connectivity index (χ2v) is 5.48. The molecule has 0 saturated heterocycles. The molecule has 1 unspecified atom stereocenters. The molecule has 0 aliphatic heterocycles. The van der Waals surface area contributed by atoms with E-state index in [1.807, 2.05) is 6.07 Å². The van der Waals surface area contributed by atoms with Crippen molar-refractivity contribution < 1.29 is 9.59 Å². The van der Waals surface area contributed by atoms with Crippen LogP contribution in [0.1, 0.15) is 22.8 Å². The number of carbonyl (C=O) groups is 2. The number of hydrogen-bond acceptors (Lipinski definition) is 3. The van der Waals surface area contributed by atoms with E-state index in [9.17, 15) is 9.59 Å². The van der Waals surface area contributed by atoms with Crippen molar-refractivity contribution >= 4 is 29.0 Å². The first-order valence-electron chi connectivity index (χ1n) is 6.84. The second kappa shape index (κ2) is 6.73. The normalized spacial score (nSPS) is 11.8. The van der Waals surface area contributed by atoms with E-state index in [0.717, 1.165) is 0 Å². The predicted octanol–water partition coefficient (Wildman–Crippen LogP) is 2.88. The van der Waals surface area contributed by atoms with Crippen LogP contribution in [-0.2, 0) is 4.79 Å². The molecule has 0 saturated carbocycles. The largest absolute Gasteiger partial charge is 0.320 e. The van der Waals surface area contributed by atoms with Crippen molar-refractivity contribution in [2.75, 3.05) is 11.9 Å². The number of rotatable bonds is 4. The first kappa shape index (κ1) is 16.2. The van der Waals surface area contributed by atoms with Crippen LogP contribution in [0.3, 0.4) is 0 Å². The van der Waals surface area contributed by atoms with Crippen LogP contribution in [0.2, 0.25) is 5.02 Å². The predicted molar refractivity (Wildman–Crippen MR) is 88.4 cm³/mol. The van der Waals surface area contributed by atoms with Gasteiger partial charge in [0.25, 0.3) is 0 Å². The van der Waals surface area contributed by atoms with Gasteiger partial charge in [0.15, 0.2) is 5.78 Å². The highest BCUT2D eigenvalue weighted by Gasteiger charge is 2.21. The summed E-state index contributed by atoms with van der Waals surface area (Å²) in [5.74, 6) is -0.466. The number of amides is 1. The first-order chi connectivity index (χ1) is 10.4. The lowest BCUT2D eigenvalue weighted by Crippen LogP contribution is -2.40. The van der Waals surface area contributed by atoms with Crippen LogP contribution in [-0.4, -0.2) is 24.8 Å². The molecule has 0 aliphatic carbocycles. The maximum absolute atomic E-state index is 12.7. The minimum atomic E-state index is -0.652. The number of nitrogens with zero attached hydrogens (tertiary/aromatic N) is 1. The molecule has 1 atom stereocenters. The lowest BCUT2D eigenvalue weighted by atomic mass is 10.0. The summed E-state index contributed by atoms with van der Waals surface area (Å²) in [5, 5.41) is 0.435. The fourth-order valence-corrected chi connectivity index (χ4v) is 2.32. The zero-order chi connectivity index (χ0) is 16.3. The number of benzene rings is 2. The highest BCUT2D eigenvalue weighted by molar-refractivity contribution is 6.31. The highest BCUT2D eigenvalue weighted by Crippen LogP contribution is 2.26. The Morgan fingerprint density at radius 3 is 2.36 bits per heavy atom. The average Bonchev–Trinajstić information content (AvgIpc) is 2.53. The number of carbonyl (C=O) groups excluding carboxylic acids is 2. The molecule has 2 aromatic carbocycles. The van der Waals surface area contributed by atoms with Crippen molar-refractivity contribution in [2.45, 2.75) is 13.0 Å². The van der Waals surface area contributed by atoms with E-state index in [1.165, 1.54) is 4.90 Å². The van der Waals surface area contributed by atoms with Gasteiger partial charge in [0, 0.05) is 23.2 Å². The van der Waals surface area contributed by atoms with Crippen LogP contribution in [0.15, 0.2) is 48.5 Å². The molecule has 0 aromatic heterocycles. The summed E-state index contributed by atoms with van der Waals surface area (Å²) in [6, 6.07) is 13.1. The van der Waals surface area contributed by atoms with Gasteiger partial charge in [-0.3, -0.25) is 9.59 Å². The summed E-state index contributed by atoms with van der Waals surface area (Å²) in [6.07, 6.45) is 0. The van der Waals surface area contributed by atoms with Crippen LogP contribution in [0, 0.1) is 0 Å². The first-order valence-corrected chi connectivity index (χ1v) is 7.22. The Morgan fingerprint density at radius 2 is 1.77 bits per heavy atom. The summed E-state index contributed by atoms with van der Waals surface area (Å²) in [7, 11) is 1.59. The molecule has 2 aromatic rings. The maximum atomic E-state index is 12.7. The molecular weight excluding hydrogens is 300 g/mol. The summed E-state index contributed by atoms with van der Waals surface area (Å²) in [5.41, 5.74) is 7.03. The van der Waals surface area contributed by atoms with Gasteiger partial charge in [0.2, 0.25) is 5.91 Å². The van der Waals surface area contributed by atoms with Crippen LogP contribution in [0.25, 0.3) is 0 Å². The van der Waals surface area contributed by atoms with E-state index in [4.69, 9.17) is 17.3 Å². The third-order valence-corrected chi connectivity index (χ3v) is 3.56. The van der Waals surface area contributed by atoms with Crippen molar-refractivity contribution in [2.24, 2.45) is 5.73 Å². The van der Waals surface area contributed by atoms with Crippen molar-refractivity contribution in [3.05, 3.63) is 64.7 Å². The third-order valence-electron chi connectivity index (χ3n) is 3.32. The van der Waals surface area contributed by atoms with Gasteiger partial charge in [0.05, 0.1) is 11.7 Å². The van der Waals surface area contributed by atoms with Crippen LogP contribution in [0.5, 0.6) is 0 Å². The van der Waals surface area contributed by atoms with Gasteiger partial charge in [-0.25, -0.2) is 0 Å². The average molecular weight is 317 g/mol. The van der Waals surface area contributed by atoms with Gasteiger partial charge < -0.3 is 10.6 Å². The summed E-state index contributed by atoms with van der Waals surface area (Å²) < 4.78 is 0. The zero-order valence-corrected chi connectivity index (χ0v) is 13.2. The Balaban J connectivity index is 2.49. The molecule has 0 aliphatic rings. The smallest absolute Gasteiger partial charge is 0.243 e. The third kappa shape index (κ3) is 3.35. The van der Waals surface area contributed by atoms with E-state index >= 15 is 0 Å². The molecule has 0 bridgehead atoms. The van der Waals surface area contributed by atoms with Crippen LogP contribution < -0.4 is 10.6 Å². The Morgan fingerprint density at radius 1 is 1.14 bits per heavy atom. The van der Waals surface area contributed by atoms with Crippen molar-refractivity contribution in [3.8, 4) is 0 Å². The van der Waals surface area contributed by atoms with Gasteiger partial charge in [-0.05, 0) is 25.1 Å². The Bertz CT molecular complexity index is 699. The van der Waals surface area contributed by atoms with Crippen molar-refractivity contribution in [1.29, 1.82) is 0 Å². The standard InChI is InChI=1S/C17H17ClN2O2/c1-11(19)17(22)20(2)15-9-8-13(18)10-14(15)16(21)12-6-4-3-5-7-12/h3-11H,19H2,1-2H3. The number of likely N-dealkylation sites (N-methyl/N-ethyl adjacent to an activating group) is 1. The van der Waals surface area contributed by atoms with Crippen LogP contribution >= 0.6 is 11.6 Å². The van der Waals surface area contributed by atoms with Crippen molar-refractivity contribution in [3.63, 3.8) is 0 Å². The second-order valence-electron chi connectivity index (χ2n) is 5.04. The number of hydrogen-bond donors (Lipinski definition) is 1. The number of halogens is 1. The molecule has 0 fully saturated rings. The van der Waals surface area contributed by atoms with Crippen molar-refractivity contribution in [1.82, 2.24) is 0 Å². The molecular formula is C17H17ClN2O2. The molecule has 0 radical (unpaired) electrons. The number of anilines is 1. The van der Waals surface area contributed by atoms with Gasteiger partial charge in [-0.15, -0.1) is 0 Å². The van der Waals surface area contributed by atoms with Gasteiger partial charge in [-0.2, -0.15) is 0 Å². The fraction of sp³-hybridized carbons (Fsp3) is 0.176. The maximum Gasteiger partial charge on any atom is 0.243 e. The summed E-state index contributed by atoms with van der Waals surface area (Å²) in [4.78, 5) is 26.2. The van der Waals surface area contributed by atoms with E-state index in [2.05, 4.69) is 0 Å². The topological polar surface area (TPSA) is 63.4 Å². The molecule has 0 spiro atoms. The lowest BCUT2D eigenvalue weighted by Gasteiger charge is -2.22. The SMILES string of the molecule is CC(N)C(=O)N(C)c1ccc(Cl)cc1C(=O)c1ccccc1. The van der Waals surface area contributed by atoms with E-state index < -0.39 is 6.04 Å². The molecule has 5 heteroatoms. The van der Waals surface area contributed by atoms with E-state index in [-0.39, 0.29) is 11.7 Å². The quantitative estimate of drug-likeness (QED) is 0.882. The highest BCUT2D eigenvalue weighted by atomic mass is 35.5. The Kier molecular flexibility index (Phi) is 4.96. The fourth-order valence-electron chi connectivity index (χ4n) is 2.15. The lowest BCUT2D eigenvalue weighted by molar-refractivity contribution is -0.119.